The van der Waals surface area contributed by atoms with Crippen LogP contribution in [0.15, 0.2) is 36.4 Å². The summed E-state index contributed by atoms with van der Waals surface area (Å²) in [4.78, 5) is 23.6. The van der Waals surface area contributed by atoms with Crippen molar-refractivity contribution in [3.8, 4) is 5.75 Å². The fourth-order valence-corrected chi connectivity index (χ4v) is 2.02. The third kappa shape index (κ3) is 5.13. The third-order valence-electron chi connectivity index (χ3n) is 3.12. The molecule has 0 saturated carbocycles. The molecule has 0 radical (unpaired) electrons. The van der Waals surface area contributed by atoms with E-state index in [1.807, 2.05) is 5.32 Å². The minimum atomic E-state index is -1.72. The zero-order chi connectivity index (χ0) is 19.3. The van der Waals surface area contributed by atoms with Crippen molar-refractivity contribution in [1.29, 1.82) is 0 Å². The molecule has 2 rings (SSSR count). The molecule has 0 spiro atoms. The van der Waals surface area contributed by atoms with Gasteiger partial charge in [-0.05, 0) is 37.3 Å². The number of hydrogen-bond donors (Lipinski definition) is 1. The Morgan fingerprint density at radius 1 is 1.15 bits per heavy atom. The van der Waals surface area contributed by atoms with Gasteiger partial charge in [-0.3, -0.25) is 4.79 Å². The highest BCUT2D eigenvalue weighted by atomic mass is 35.5. The lowest BCUT2D eigenvalue weighted by Crippen LogP contribution is -2.32. The lowest BCUT2D eigenvalue weighted by atomic mass is 10.2. The van der Waals surface area contributed by atoms with E-state index < -0.39 is 47.7 Å². The number of nitrogens with one attached hydrogen (secondary N) is 1. The largest absolute Gasteiger partial charge is 0.482 e. The van der Waals surface area contributed by atoms with Crippen LogP contribution in [0.4, 0.5) is 18.9 Å². The van der Waals surface area contributed by atoms with Crippen LogP contribution in [0, 0.1) is 17.5 Å². The molecule has 5 nitrogen and oxygen atoms in total. The normalized spacial score (nSPS) is 11.6. The molecule has 9 heteroatoms. The highest BCUT2D eigenvalue weighted by molar-refractivity contribution is 6.30. The smallest absolute Gasteiger partial charge is 0.344 e. The number of benzene rings is 2. The number of esters is 1. The van der Waals surface area contributed by atoms with Gasteiger partial charge in [0.15, 0.2) is 30.2 Å². The summed E-state index contributed by atoms with van der Waals surface area (Å²) in [6.45, 7) is 0.738. The molecule has 0 unspecified atom stereocenters. The Labute approximate surface area is 151 Å². The number of carbonyl (C=O) groups is 2. The van der Waals surface area contributed by atoms with E-state index in [1.54, 1.807) is 18.2 Å². The Hall–Kier alpha value is -2.74. The van der Waals surface area contributed by atoms with Crippen molar-refractivity contribution in [2.24, 2.45) is 0 Å². The van der Waals surface area contributed by atoms with Gasteiger partial charge < -0.3 is 14.8 Å². The van der Waals surface area contributed by atoms with Gasteiger partial charge >= 0.3 is 5.97 Å². The van der Waals surface area contributed by atoms with Crippen molar-refractivity contribution in [2.45, 2.75) is 13.0 Å². The summed E-state index contributed by atoms with van der Waals surface area (Å²) in [6, 6.07) is 7.80. The van der Waals surface area contributed by atoms with E-state index in [2.05, 4.69) is 0 Å². The number of ether oxygens (including phenoxy) is 2. The van der Waals surface area contributed by atoms with Crippen molar-refractivity contribution < 1.29 is 32.2 Å². The van der Waals surface area contributed by atoms with Crippen molar-refractivity contribution in [3.05, 3.63) is 58.9 Å². The molecule has 138 valence electrons. The third-order valence-corrected chi connectivity index (χ3v) is 3.36. The Kier molecular flexibility index (Phi) is 6.46. The molecule has 0 fully saturated rings. The van der Waals surface area contributed by atoms with E-state index in [-0.39, 0.29) is 0 Å². The average Bonchev–Trinajstić information content (AvgIpc) is 2.60. The first-order chi connectivity index (χ1) is 12.3. The molecule has 1 atom stereocenters. The van der Waals surface area contributed by atoms with Crippen molar-refractivity contribution in [2.75, 3.05) is 11.9 Å². The molecule has 0 aromatic heterocycles. The van der Waals surface area contributed by atoms with Crippen LogP contribution >= 0.6 is 11.6 Å². The van der Waals surface area contributed by atoms with Crippen molar-refractivity contribution in [1.82, 2.24) is 0 Å². The van der Waals surface area contributed by atoms with E-state index in [0.717, 1.165) is 6.07 Å². The first kappa shape index (κ1) is 19.6. The minimum Gasteiger partial charge on any atom is -0.482 e. The second kappa shape index (κ2) is 8.57. The average molecular weight is 388 g/mol. The molecule has 2 aromatic rings. The first-order valence-corrected chi connectivity index (χ1v) is 7.68. The lowest BCUT2D eigenvalue weighted by Gasteiger charge is -2.14. The summed E-state index contributed by atoms with van der Waals surface area (Å²) in [5, 5.41) is 2.42. The zero-order valence-corrected chi connectivity index (χ0v) is 14.1. The van der Waals surface area contributed by atoms with Gasteiger partial charge in [-0.15, -0.1) is 0 Å². The quantitative estimate of drug-likeness (QED) is 0.606. The number of rotatable bonds is 6. The topological polar surface area (TPSA) is 64.6 Å². The molecule has 0 heterocycles. The maximum atomic E-state index is 13.5. The van der Waals surface area contributed by atoms with Crippen molar-refractivity contribution in [3.63, 3.8) is 0 Å². The summed E-state index contributed by atoms with van der Waals surface area (Å²) in [5.41, 5.74) is -0.577. The van der Waals surface area contributed by atoms with Crippen LogP contribution in [0.25, 0.3) is 0 Å². The van der Waals surface area contributed by atoms with Gasteiger partial charge in [0.1, 0.15) is 5.75 Å². The molecular formula is C17H13ClF3NO4. The lowest BCUT2D eigenvalue weighted by molar-refractivity contribution is -0.155. The molecule has 0 saturated heterocycles. The number of carbonyl (C=O) groups excluding carboxylic acids is 2. The number of hydrogen-bond acceptors (Lipinski definition) is 4. The second-order valence-electron chi connectivity index (χ2n) is 5.09. The van der Waals surface area contributed by atoms with Crippen LogP contribution in [-0.4, -0.2) is 24.6 Å². The first-order valence-electron chi connectivity index (χ1n) is 7.30. The molecule has 26 heavy (non-hydrogen) atoms. The number of halogens is 4. The predicted octanol–water partition coefficient (Wildman–Crippen LogP) is 3.71. The molecular weight excluding hydrogens is 375 g/mol. The van der Waals surface area contributed by atoms with Gasteiger partial charge in [-0.25, -0.2) is 18.0 Å². The van der Waals surface area contributed by atoms with Crippen LogP contribution in [0.3, 0.4) is 0 Å². The second-order valence-corrected chi connectivity index (χ2v) is 5.53. The summed E-state index contributed by atoms with van der Waals surface area (Å²) in [7, 11) is 0. The maximum absolute atomic E-state index is 13.5. The number of anilines is 1. The van der Waals surface area contributed by atoms with Crippen LogP contribution in [-0.2, 0) is 14.3 Å². The SMILES string of the molecule is C[C@@H](OC(=O)COc1cccc(Cl)c1)C(=O)Nc1ccc(F)c(F)c1F. The Bertz CT molecular complexity index is 832. The molecule has 0 aliphatic carbocycles. The van der Waals surface area contributed by atoms with E-state index in [4.69, 9.17) is 21.1 Å². The molecule has 0 aliphatic rings. The molecule has 0 aliphatic heterocycles. The van der Waals surface area contributed by atoms with Crippen LogP contribution in [0.2, 0.25) is 5.02 Å². The van der Waals surface area contributed by atoms with Gasteiger partial charge in [-0.2, -0.15) is 0 Å². The molecule has 1 N–H and O–H groups in total. The minimum absolute atomic E-state index is 0.329. The van der Waals surface area contributed by atoms with E-state index in [0.29, 0.717) is 16.8 Å². The van der Waals surface area contributed by atoms with Crippen molar-refractivity contribution >= 4 is 29.2 Å². The Morgan fingerprint density at radius 2 is 1.88 bits per heavy atom. The van der Waals surface area contributed by atoms with Gasteiger partial charge in [-0.1, -0.05) is 17.7 Å². The molecule has 0 bridgehead atoms. The van der Waals surface area contributed by atoms with Gasteiger partial charge in [0.25, 0.3) is 5.91 Å². The highest BCUT2D eigenvalue weighted by Crippen LogP contribution is 2.20. The van der Waals surface area contributed by atoms with E-state index in [1.165, 1.54) is 13.0 Å². The fourth-order valence-electron chi connectivity index (χ4n) is 1.84. The summed E-state index contributed by atoms with van der Waals surface area (Å²) >= 11 is 5.77. The highest BCUT2D eigenvalue weighted by Gasteiger charge is 2.21. The monoisotopic (exact) mass is 387 g/mol. The Balaban J connectivity index is 1.88. The summed E-state index contributed by atoms with van der Waals surface area (Å²) in [6.07, 6.45) is -1.32. The van der Waals surface area contributed by atoms with Crippen LogP contribution < -0.4 is 10.1 Å². The van der Waals surface area contributed by atoms with Gasteiger partial charge in [0, 0.05) is 5.02 Å². The Morgan fingerprint density at radius 3 is 2.58 bits per heavy atom. The van der Waals surface area contributed by atoms with Gasteiger partial charge in [0.05, 0.1) is 5.69 Å². The van der Waals surface area contributed by atoms with Gasteiger partial charge in [0.2, 0.25) is 0 Å². The van der Waals surface area contributed by atoms with Crippen LogP contribution in [0.5, 0.6) is 5.75 Å². The fraction of sp³-hybridized carbons (Fsp3) is 0.176. The standard InChI is InChI=1S/C17H13ClF3NO4/c1-9(17(24)22-13-6-5-12(19)15(20)16(13)21)26-14(23)8-25-11-4-2-3-10(18)7-11/h2-7,9H,8H2,1H3,(H,22,24)/t9-/m1/s1. The summed E-state index contributed by atoms with van der Waals surface area (Å²) < 4.78 is 49.5. The molecule has 2 aromatic carbocycles. The molecule has 1 amide bonds. The number of amides is 1. The maximum Gasteiger partial charge on any atom is 0.344 e. The summed E-state index contributed by atoms with van der Waals surface area (Å²) in [5.74, 6) is -6.12. The van der Waals surface area contributed by atoms with E-state index >= 15 is 0 Å². The van der Waals surface area contributed by atoms with Crippen LogP contribution in [0.1, 0.15) is 6.92 Å². The van der Waals surface area contributed by atoms with E-state index in [9.17, 15) is 22.8 Å². The predicted molar refractivity (Wildman–Crippen MR) is 87.4 cm³/mol. The zero-order valence-electron chi connectivity index (χ0n) is 13.4.